The van der Waals surface area contributed by atoms with Gasteiger partial charge in [0.1, 0.15) is 18.1 Å². The Labute approximate surface area is 185 Å². The van der Waals surface area contributed by atoms with Crippen LogP contribution in [0, 0.1) is 13.8 Å². The third-order valence-corrected chi connectivity index (χ3v) is 5.09. The van der Waals surface area contributed by atoms with E-state index in [1.165, 1.54) is 0 Å². The number of nitrogens with one attached hydrogen (secondary N) is 1. The molecule has 0 aliphatic carbocycles. The molecule has 0 aliphatic rings. The van der Waals surface area contributed by atoms with Gasteiger partial charge in [-0.05, 0) is 49.7 Å². The lowest BCUT2D eigenvalue weighted by Gasteiger charge is -2.07. The van der Waals surface area contributed by atoms with E-state index in [-0.39, 0.29) is 18.3 Å². The third-order valence-electron chi connectivity index (χ3n) is 4.86. The SMILES string of the molecule is Cc1nn(Cc2ccccc2)c(C)c1NC(=O)c1ccc(COc2cccc(Cl)c2)o1. The van der Waals surface area contributed by atoms with Crippen LogP contribution < -0.4 is 10.1 Å². The van der Waals surface area contributed by atoms with Gasteiger partial charge in [0.25, 0.3) is 5.91 Å². The second-order valence-corrected chi connectivity index (χ2v) is 7.59. The number of carbonyl (C=O) groups excluding carboxylic acids is 1. The van der Waals surface area contributed by atoms with E-state index >= 15 is 0 Å². The van der Waals surface area contributed by atoms with Crippen molar-refractivity contribution in [3.8, 4) is 5.75 Å². The van der Waals surface area contributed by atoms with Gasteiger partial charge in [0.15, 0.2) is 5.76 Å². The van der Waals surface area contributed by atoms with Gasteiger partial charge in [-0.25, -0.2) is 0 Å². The van der Waals surface area contributed by atoms with E-state index in [4.69, 9.17) is 20.8 Å². The van der Waals surface area contributed by atoms with Gasteiger partial charge in [-0.3, -0.25) is 9.48 Å². The maximum absolute atomic E-state index is 12.7. The molecule has 1 amide bonds. The van der Waals surface area contributed by atoms with Crippen LogP contribution in [-0.2, 0) is 13.2 Å². The fraction of sp³-hybridized carbons (Fsp3) is 0.167. The number of anilines is 1. The van der Waals surface area contributed by atoms with Gasteiger partial charge in [0.2, 0.25) is 0 Å². The van der Waals surface area contributed by atoms with Crippen LogP contribution in [0.25, 0.3) is 0 Å². The largest absolute Gasteiger partial charge is 0.486 e. The quantitative estimate of drug-likeness (QED) is 0.408. The number of nitrogens with zero attached hydrogens (tertiary/aromatic N) is 2. The molecule has 0 spiro atoms. The first kappa shape index (κ1) is 20.8. The maximum atomic E-state index is 12.7. The van der Waals surface area contributed by atoms with Gasteiger partial charge < -0.3 is 14.5 Å². The van der Waals surface area contributed by atoms with Crippen molar-refractivity contribution in [3.05, 3.63) is 100 Å². The zero-order valence-electron chi connectivity index (χ0n) is 17.3. The Hall–Kier alpha value is -3.51. The van der Waals surface area contributed by atoms with E-state index in [0.29, 0.717) is 28.8 Å². The summed E-state index contributed by atoms with van der Waals surface area (Å²) >= 11 is 5.96. The Balaban J connectivity index is 1.42. The molecule has 7 heteroatoms. The number of aromatic nitrogens is 2. The highest BCUT2D eigenvalue weighted by Gasteiger charge is 2.18. The smallest absolute Gasteiger partial charge is 0.291 e. The zero-order valence-corrected chi connectivity index (χ0v) is 18.0. The highest BCUT2D eigenvalue weighted by molar-refractivity contribution is 6.30. The van der Waals surface area contributed by atoms with Crippen molar-refractivity contribution < 1.29 is 13.9 Å². The predicted molar refractivity (Wildman–Crippen MR) is 120 cm³/mol. The van der Waals surface area contributed by atoms with Crippen LogP contribution in [0.1, 0.15) is 33.3 Å². The van der Waals surface area contributed by atoms with Gasteiger partial charge in [-0.15, -0.1) is 0 Å². The lowest BCUT2D eigenvalue weighted by Crippen LogP contribution is -2.12. The van der Waals surface area contributed by atoms with Crippen molar-refractivity contribution in [1.82, 2.24) is 9.78 Å². The second kappa shape index (κ2) is 9.10. The van der Waals surface area contributed by atoms with E-state index < -0.39 is 0 Å². The number of benzene rings is 2. The first-order valence-electron chi connectivity index (χ1n) is 9.86. The summed E-state index contributed by atoms with van der Waals surface area (Å²) in [5.74, 6) is 1.05. The molecule has 2 aromatic heterocycles. The zero-order chi connectivity index (χ0) is 21.8. The molecule has 0 unspecified atom stereocenters. The molecule has 2 heterocycles. The summed E-state index contributed by atoms with van der Waals surface area (Å²) < 4.78 is 13.2. The number of halogens is 1. The summed E-state index contributed by atoms with van der Waals surface area (Å²) in [6, 6.07) is 20.5. The number of amides is 1. The molecule has 0 fully saturated rings. The molecule has 0 bridgehead atoms. The first-order valence-corrected chi connectivity index (χ1v) is 10.2. The summed E-state index contributed by atoms with van der Waals surface area (Å²) in [6.07, 6.45) is 0. The predicted octanol–water partition coefficient (Wildman–Crippen LogP) is 5.63. The van der Waals surface area contributed by atoms with Crippen molar-refractivity contribution in [2.45, 2.75) is 27.0 Å². The molecule has 4 aromatic rings. The Morgan fingerprint density at radius 3 is 2.68 bits per heavy atom. The molecule has 2 aromatic carbocycles. The Bertz CT molecular complexity index is 1200. The molecule has 6 nitrogen and oxygen atoms in total. The highest BCUT2D eigenvalue weighted by atomic mass is 35.5. The topological polar surface area (TPSA) is 69.3 Å². The van der Waals surface area contributed by atoms with E-state index in [0.717, 1.165) is 17.0 Å². The monoisotopic (exact) mass is 435 g/mol. The number of hydrogen-bond acceptors (Lipinski definition) is 4. The number of rotatable bonds is 7. The molecule has 158 valence electrons. The lowest BCUT2D eigenvalue weighted by atomic mass is 10.2. The number of furan rings is 1. The average Bonchev–Trinajstić information content (AvgIpc) is 3.34. The molecule has 0 aliphatic heterocycles. The van der Waals surface area contributed by atoms with Crippen LogP contribution in [0.2, 0.25) is 5.02 Å². The number of ether oxygens (including phenoxy) is 1. The molecule has 4 rings (SSSR count). The van der Waals surface area contributed by atoms with Crippen LogP contribution in [0.4, 0.5) is 5.69 Å². The van der Waals surface area contributed by atoms with Gasteiger partial charge >= 0.3 is 0 Å². The molecular formula is C24H22ClN3O3. The van der Waals surface area contributed by atoms with Gasteiger partial charge in [-0.1, -0.05) is 48.0 Å². The first-order chi connectivity index (χ1) is 15.0. The Morgan fingerprint density at radius 2 is 1.90 bits per heavy atom. The minimum Gasteiger partial charge on any atom is -0.486 e. The number of carbonyl (C=O) groups is 1. The van der Waals surface area contributed by atoms with Crippen LogP contribution in [0.3, 0.4) is 0 Å². The van der Waals surface area contributed by atoms with Crippen LogP contribution in [0.15, 0.2) is 71.1 Å². The molecule has 0 atom stereocenters. The fourth-order valence-corrected chi connectivity index (χ4v) is 3.43. The normalized spacial score (nSPS) is 10.8. The summed E-state index contributed by atoms with van der Waals surface area (Å²) in [4.78, 5) is 12.7. The Morgan fingerprint density at radius 1 is 1.10 bits per heavy atom. The van der Waals surface area contributed by atoms with Gasteiger partial charge in [0, 0.05) is 5.02 Å². The number of hydrogen-bond donors (Lipinski definition) is 1. The summed E-state index contributed by atoms with van der Waals surface area (Å²) in [7, 11) is 0. The van der Waals surface area contributed by atoms with Gasteiger partial charge in [0.05, 0.1) is 23.6 Å². The third kappa shape index (κ3) is 4.98. The van der Waals surface area contributed by atoms with E-state index in [2.05, 4.69) is 10.4 Å². The van der Waals surface area contributed by atoms with Crippen molar-refractivity contribution in [2.24, 2.45) is 0 Å². The second-order valence-electron chi connectivity index (χ2n) is 7.16. The van der Waals surface area contributed by atoms with Crippen LogP contribution in [-0.4, -0.2) is 15.7 Å². The van der Waals surface area contributed by atoms with E-state index in [1.807, 2.05) is 48.9 Å². The minimum absolute atomic E-state index is 0.195. The summed E-state index contributed by atoms with van der Waals surface area (Å²) in [5, 5.41) is 8.08. The van der Waals surface area contributed by atoms with Crippen molar-refractivity contribution in [3.63, 3.8) is 0 Å². The fourth-order valence-electron chi connectivity index (χ4n) is 3.25. The van der Waals surface area contributed by atoms with Crippen molar-refractivity contribution in [1.29, 1.82) is 0 Å². The minimum atomic E-state index is -0.334. The standard InChI is InChI=1S/C24H22ClN3O3/c1-16-23(17(2)28(27-16)14-18-7-4-3-5-8-18)26-24(29)22-12-11-21(31-22)15-30-20-10-6-9-19(25)13-20/h3-13H,14-15H2,1-2H3,(H,26,29). The number of aryl methyl sites for hydroxylation is 1. The van der Waals surface area contributed by atoms with Crippen LogP contribution >= 0.6 is 11.6 Å². The Kier molecular flexibility index (Phi) is 6.09. The average molecular weight is 436 g/mol. The molecule has 31 heavy (non-hydrogen) atoms. The highest BCUT2D eigenvalue weighted by Crippen LogP contribution is 2.23. The van der Waals surface area contributed by atoms with Crippen LogP contribution in [0.5, 0.6) is 5.75 Å². The van der Waals surface area contributed by atoms with Crippen molar-refractivity contribution in [2.75, 3.05) is 5.32 Å². The summed E-state index contributed by atoms with van der Waals surface area (Å²) in [6.45, 7) is 4.64. The van der Waals surface area contributed by atoms with Crippen molar-refractivity contribution >= 4 is 23.2 Å². The van der Waals surface area contributed by atoms with E-state index in [9.17, 15) is 4.79 Å². The summed E-state index contributed by atoms with van der Waals surface area (Å²) in [5.41, 5.74) is 3.46. The van der Waals surface area contributed by atoms with E-state index in [1.54, 1.807) is 36.4 Å². The molecule has 0 saturated carbocycles. The molecule has 1 N–H and O–H groups in total. The maximum Gasteiger partial charge on any atom is 0.291 e. The molecule has 0 saturated heterocycles. The lowest BCUT2D eigenvalue weighted by molar-refractivity contribution is 0.0992. The molecular weight excluding hydrogens is 414 g/mol. The van der Waals surface area contributed by atoms with Gasteiger partial charge in [-0.2, -0.15) is 5.10 Å². The molecule has 0 radical (unpaired) electrons.